The molecule has 2 unspecified atom stereocenters. The van der Waals surface area contributed by atoms with E-state index in [1.54, 1.807) is 5.10 Å². The Labute approximate surface area is 378 Å². The predicted molar refractivity (Wildman–Crippen MR) is 281 cm³/mol. The molecule has 0 amide bonds. The Bertz CT molecular complexity index is 1230. The van der Waals surface area contributed by atoms with Gasteiger partial charge in [0.2, 0.25) is 0 Å². The number of alkyl halides is 1. The molecule has 340 valence electrons. The predicted octanol–water partition coefficient (Wildman–Crippen LogP) is 14.3. The summed E-state index contributed by atoms with van der Waals surface area (Å²) in [5.41, 5.74) is 1.44. The van der Waals surface area contributed by atoms with E-state index in [1.807, 2.05) is 47.6 Å². The average molecular weight is 942 g/mol. The number of hydrogen-bond donors (Lipinski definition) is 0. The molecule has 0 N–H and O–H groups in total. The van der Waals surface area contributed by atoms with Gasteiger partial charge in [0.1, 0.15) is 0 Å². The summed E-state index contributed by atoms with van der Waals surface area (Å²) in [5.74, 6) is 0.477. The number of carbonyl (C=O) groups excluding carboxylic acids is 2. The van der Waals surface area contributed by atoms with Crippen LogP contribution in [0, 0.1) is 0 Å². The minimum atomic E-state index is -1.39. The smallest absolute Gasteiger partial charge is 0.162 e. The van der Waals surface area contributed by atoms with E-state index in [9.17, 15) is 9.59 Å². The Balaban J connectivity index is -0.000000766. The Morgan fingerprint density at radius 3 is 1.38 bits per heavy atom. The molecule has 0 aromatic carbocycles. The molecule has 0 saturated heterocycles. The zero-order chi connectivity index (χ0) is 45.8. The molecule has 4 nitrogen and oxygen atoms in total. The lowest BCUT2D eigenvalue weighted by atomic mass is 9.54. The van der Waals surface area contributed by atoms with Gasteiger partial charge in [0, 0.05) is 42.8 Å². The summed E-state index contributed by atoms with van der Waals surface area (Å²) in [5, 5.41) is 3.92. The van der Waals surface area contributed by atoms with Gasteiger partial charge in [0.15, 0.2) is 18.3 Å². The lowest BCUT2D eigenvalue weighted by Gasteiger charge is -2.23. The summed E-state index contributed by atoms with van der Waals surface area (Å²) in [4.78, 5) is 23.7. The molecule has 0 spiro atoms. The fourth-order valence-electron chi connectivity index (χ4n) is 6.65. The second-order valence-electron chi connectivity index (χ2n) is 20.6. The number of rotatable bonds is 18. The Hall–Kier alpha value is -0.368. The van der Waals surface area contributed by atoms with Crippen molar-refractivity contribution in [1.82, 2.24) is 0 Å². The molecule has 2 aliphatic rings. The average Bonchev–Trinajstić information content (AvgIpc) is 3.59. The maximum absolute atomic E-state index is 12.4. The number of ether oxygens (including phenoxy) is 2. The van der Waals surface area contributed by atoms with Gasteiger partial charge >= 0.3 is 0 Å². The molecule has 0 aromatic rings. The Kier molecular flexibility index (Phi) is 35.5. The first-order chi connectivity index (χ1) is 26.7. The second-order valence-corrected chi connectivity index (χ2v) is 34.3. The molecule has 10 heteroatoms. The molecule has 2 atom stereocenters. The first kappa shape index (κ1) is 61.9. The highest BCUT2D eigenvalue weighted by Crippen LogP contribution is 2.30. The van der Waals surface area contributed by atoms with Gasteiger partial charge in [-0.3, -0.25) is 9.59 Å². The number of allylic oxidation sites excluding steroid dienone is 5. The summed E-state index contributed by atoms with van der Waals surface area (Å²) < 4.78 is 11.7. The van der Waals surface area contributed by atoms with Gasteiger partial charge in [-0.25, -0.2) is 0 Å². The molecule has 0 aromatic heterocycles. The SMILES string of the molecule is CC(C)(C)OC1C=C(CBr)C(=O)C1.CCCCCC/C=C(/B(C)C)[Si](C)(C)C.CCCCCC/C=C(/CC1=CC(OC(C)(C)C)CC1=O)[Si](C)(C)C.C[SiH2]C.C[SiH2]C. The van der Waals surface area contributed by atoms with Crippen molar-refractivity contribution in [2.75, 3.05) is 5.33 Å². The Morgan fingerprint density at radius 1 is 0.690 bits per heavy atom. The molecular formula is C48H98BBrO4Si4. The zero-order valence-electron chi connectivity index (χ0n) is 42.4. The number of halogens is 1. The van der Waals surface area contributed by atoms with Crippen LogP contribution in [0.25, 0.3) is 0 Å². The van der Waals surface area contributed by atoms with Crippen molar-refractivity contribution in [3.8, 4) is 0 Å². The Morgan fingerprint density at radius 2 is 1.07 bits per heavy atom. The number of unbranched alkanes of at least 4 members (excludes halogenated alkanes) is 8. The number of hydrogen-bond acceptors (Lipinski definition) is 4. The van der Waals surface area contributed by atoms with Crippen molar-refractivity contribution in [1.29, 1.82) is 0 Å². The van der Waals surface area contributed by atoms with E-state index in [1.165, 1.54) is 63.0 Å². The van der Waals surface area contributed by atoms with Gasteiger partial charge in [0.25, 0.3) is 0 Å². The van der Waals surface area contributed by atoms with Crippen LogP contribution in [-0.4, -0.2) is 82.2 Å². The van der Waals surface area contributed by atoms with Crippen LogP contribution in [0.15, 0.2) is 45.7 Å². The van der Waals surface area contributed by atoms with E-state index in [-0.39, 0.29) is 35.0 Å². The molecule has 0 bridgehead atoms. The molecule has 0 aliphatic heterocycles. The lowest BCUT2D eigenvalue weighted by molar-refractivity contribution is -0.119. The molecule has 2 rings (SSSR count). The maximum atomic E-state index is 12.4. The number of carbonyl (C=O) groups is 2. The second kappa shape index (κ2) is 33.2. The highest BCUT2D eigenvalue weighted by molar-refractivity contribution is 9.09. The third-order valence-corrected chi connectivity index (χ3v) is 14.5. The van der Waals surface area contributed by atoms with E-state index < -0.39 is 16.1 Å². The summed E-state index contributed by atoms with van der Waals surface area (Å²) in [7, 11) is -1.62. The first-order valence-corrected chi connectivity index (χ1v) is 37.2. The van der Waals surface area contributed by atoms with E-state index >= 15 is 0 Å². The molecule has 0 heterocycles. The topological polar surface area (TPSA) is 52.6 Å². The van der Waals surface area contributed by atoms with Crippen molar-refractivity contribution in [3.63, 3.8) is 0 Å². The maximum Gasteiger partial charge on any atom is 0.162 e. The largest absolute Gasteiger partial charge is 0.368 e. The van der Waals surface area contributed by atoms with Crippen molar-refractivity contribution in [2.24, 2.45) is 0 Å². The van der Waals surface area contributed by atoms with Crippen LogP contribution >= 0.6 is 15.9 Å². The third kappa shape index (κ3) is 34.2. The first-order valence-electron chi connectivity index (χ1n) is 23.5. The van der Waals surface area contributed by atoms with Crippen LogP contribution in [0.2, 0.25) is 79.1 Å². The molecule has 0 saturated carbocycles. The van der Waals surface area contributed by atoms with Gasteiger partial charge in [-0.15, -0.1) is 5.10 Å². The van der Waals surface area contributed by atoms with Gasteiger partial charge in [-0.1, -0.05) is 165 Å². The summed E-state index contributed by atoms with van der Waals surface area (Å²) >= 11 is 3.28. The fourth-order valence-corrected chi connectivity index (χ4v) is 11.1. The van der Waals surface area contributed by atoms with E-state index in [2.05, 4.69) is 127 Å². The van der Waals surface area contributed by atoms with Crippen LogP contribution in [0.1, 0.15) is 139 Å². The zero-order valence-corrected chi connectivity index (χ0v) is 48.8. The van der Waals surface area contributed by atoms with Crippen LogP contribution in [0.4, 0.5) is 0 Å². The number of Topliss-reactive ketones (excluding diaryl/α,β-unsaturated/α-hetero) is 2. The van der Waals surface area contributed by atoms with Crippen LogP contribution < -0.4 is 0 Å². The van der Waals surface area contributed by atoms with E-state index in [4.69, 9.17) is 9.47 Å². The fraction of sp³-hybridized carbons (Fsp3) is 0.792. The highest BCUT2D eigenvalue weighted by atomic mass is 79.9. The summed E-state index contributed by atoms with van der Waals surface area (Å²) in [6.07, 6.45) is 24.0. The van der Waals surface area contributed by atoms with E-state index in [0.29, 0.717) is 37.2 Å². The van der Waals surface area contributed by atoms with Crippen LogP contribution in [0.3, 0.4) is 0 Å². The molecule has 0 radical (unpaired) electrons. The van der Waals surface area contributed by atoms with Gasteiger partial charge in [0.05, 0.1) is 39.6 Å². The molecule has 0 fully saturated rings. The van der Waals surface area contributed by atoms with Crippen molar-refractivity contribution in [2.45, 2.75) is 241 Å². The molecular weight excluding hydrogens is 844 g/mol. The minimum Gasteiger partial charge on any atom is -0.368 e. The molecule has 2 aliphatic carbocycles. The van der Waals surface area contributed by atoms with Crippen LogP contribution in [-0.2, 0) is 19.1 Å². The monoisotopic (exact) mass is 941 g/mol. The van der Waals surface area contributed by atoms with Gasteiger partial charge < -0.3 is 9.47 Å². The standard InChI is InChI=1S/C21H38O2Si.C13H29BSi.C10H15BrO2.2C2H8Si/c1-8-9-10-11-12-13-19(24(5,6)7)15-17-14-18(16-20(17)22)23-21(2,3)4;1-7-8-9-10-11-12-13(14(2)3)15(4,5)6;1-10(2,3)13-8-4-7(6-11)9(12)5-8;2*1-3-2/h13-14,18H,8-12,15-16H2,1-7H3;12H,7-11H2,1-6H3;4,8H,5-6H2,1-3H3;2*3H2,1-2H3/b19-13-;13-12-;;;. The quantitative estimate of drug-likeness (QED) is 0.0780. The van der Waals surface area contributed by atoms with E-state index in [0.717, 1.165) is 30.7 Å². The minimum absolute atomic E-state index is 0.0277. The lowest BCUT2D eigenvalue weighted by Crippen LogP contribution is -2.31. The normalized spacial score (nSPS) is 17.5. The van der Waals surface area contributed by atoms with Crippen molar-refractivity contribution in [3.05, 3.63) is 45.7 Å². The van der Waals surface area contributed by atoms with Crippen LogP contribution in [0.5, 0.6) is 0 Å². The number of ketones is 2. The van der Waals surface area contributed by atoms with Crippen molar-refractivity contribution >= 4 is 69.4 Å². The van der Waals surface area contributed by atoms with Crippen molar-refractivity contribution < 1.29 is 19.1 Å². The summed E-state index contributed by atoms with van der Waals surface area (Å²) in [6, 6.07) is 0. The van der Waals surface area contributed by atoms with Gasteiger partial charge in [-0.2, -0.15) is 0 Å². The summed E-state index contributed by atoms with van der Waals surface area (Å²) in [6.45, 7) is 45.7. The molecule has 58 heavy (non-hydrogen) atoms. The third-order valence-electron chi connectivity index (χ3n) is 9.12. The van der Waals surface area contributed by atoms with Gasteiger partial charge in [-0.05, 0) is 91.4 Å². The highest BCUT2D eigenvalue weighted by Gasteiger charge is 2.31.